The molecule has 1 amide bonds. The molecule has 1 heterocycles. The Hall–Kier alpha value is -2.12. The van der Waals surface area contributed by atoms with Crippen LogP contribution in [0.2, 0.25) is 0 Å². The molecule has 1 aliphatic heterocycles. The van der Waals surface area contributed by atoms with Gasteiger partial charge in [-0.05, 0) is 29.8 Å². The van der Waals surface area contributed by atoms with Crippen molar-refractivity contribution in [2.75, 3.05) is 36.5 Å². The fourth-order valence-corrected chi connectivity index (χ4v) is 3.67. The van der Waals surface area contributed by atoms with Gasteiger partial charge in [-0.15, -0.1) is 0 Å². The van der Waals surface area contributed by atoms with Crippen molar-refractivity contribution in [1.29, 1.82) is 0 Å². The number of amides is 1. The Morgan fingerprint density at radius 1 is 1.15 bits per heavy atom. The van der Waals surface area contributed by atoms with Crippen LogP contribution in [0, 0.1) is 11.6 Å². The summed E-state index contributed by atoms with van der Waals surface area (Å²) in [5.41, 5.74) is 1.77. The molecule has 1 N–H and O–H groups in total. The molecule has 138 valence electrons. The van der Waals surface area contributed by atoms with Crippen molar-refractivity contribution >= 4 is 23.4 Å². The monoisotopic (exact) mass is 378 g/mol. The van der Waals surface area contributed by atoms with Gasteiger partial charge in [-0.1, -0.05) is 12.1 Å². The van der Waals surface area contributed by atoms with Crippen LogP contribution in [0.5, 0.6) is 5.75 Å². The Balaban J connectivity index is 1.53. The van der Waals surface area contributed by atoms with Gasteiger partial charge in [-0.25, -0.2) is 8.78 Å². The van der Waals surface area contributed by atoms with E-state index in [2.05, 4.69) is 10.2 Å². The Kier molecular flexibility index (Phi) is 6.46. The number of rotatable bonds is 6. The number of thioether (sulfide) groups is 1. The van der Waals surface area contributed by atoms with E-state index in [1.54, 1.807) is 6.07 Å². The summed E-state index contributed by atoms with van der Waals surface area (Å²) in [6.45, 7) is 2.58. The van der Waals surface area contributed by atoms with Gasteiger partial charge in [-0.3, -0.25) is 9.69 Å². The maximum absolute atomic E-state index is 13.5. The number of anilines is 1. The van der Waals surface area contributed by atoms with Crippen LogP contribution in [0.15, 0.2) is 42.5 Å². The number of carbonyl (C=O) groups is 1. The zero-order valence-electron chi connectivity index (χ0n) is 14.2. The molecule has 0 bridgehead atoms. The van der Waals surface area contributed by atoms with Gasteiger partial charge in [-0.2, -0.15) is 11.8 Å². The van der Waals surface area contributed by atoms with Gasteiger partial charge in [0.25, 0.3) is 5.91 Å². The average Bonchev–Trinajstić information content (AvgIpc) is 2.64. The van der Waals surface area contributed by atoms with E-state index < -0.39 is 24.1 Å². The standard InChI is InChI=1S/C19H20F2N2O2S/c20-15-4-5-17(21)18(11-15)25-13-19(24)22-16-3-1-2-14(10-16)12-23-6-8-26-9-7-23/h1-5,10-11H,6-9,12-13H2,(H,22,24). The molecule has 2 aromatic carbocycles. The first kappa shape index (κ1) is 18.7. The third kappa shape index (κ3) is 5.44. The highest BCUT2D eigenvalue weighted by molar-refractivity contribution is 7.99. The molecule has 0 radical (unpaired) electrons. The van der Waals surface area contributed by atoms with Gasteiger partial charge in [0.05, 0.1) is 0 Å². The molecule has 1 saturated heterocycles. The number of hydrogen-bond acceptors (Lipinski definition) is 4. The van der Waals surface area contributed by atoms with Crippen molar-refractivity contribution in [2.24, 2.45) is 0 Å². The second-order valence-electron chi connectivity index (χ2n) is 6.00. The third-order valence-electron chi connectivity index (χ3n) is 3.97. The first-order chi connectivity index (χ1) is 12.6. The third-order valence-corrected chi connectivity index (χ3v) is 4.92. The highest BCUT2D eigenvalue weighted by Gasteiger charge is 2.12. The number of ether oxygens (including phenoxy) is 1. The molecule has 0 atom stereocenters. The van der Waals surface area contributed by atoms with Gasteiger partial charge in [0.2, 0.25) is 0 Å². The molecule has 26 heavy (non-hydrogen) atoms. The average molecular weight is 378 g/mol. The first-order valence-corrected chi connectivity index (χ1v) is 9.52. The number of nitrogens with one attached hydrogen (secondary N) is 1. The molecule has 0 spiro atoms. The molecule has 2 aromatic rings. The lowest BCUT2D eigenvalue weighted by Gasteiger charge is -2.26. The van der Waals surface area contributed by atoms with E-state index in [9.17, 15) is 13.6 Å². The Labute approximate surface area is 155 Å². The highest BCUT2D eigenvalue weighted by atomic mass is 32.2. The quantitative estimate of drug-likeness (QED) is 0.835. The van der Waals surface area contributed by atoms with Crippen LogP contribution in [0.4, 0.5) is 14.5 Å². The molecule has 4 nitrogen and oxygen atoms in total. The summed E-state index contributed by atoms with van der Waals surface area (Å²) < 4.78 is 31.7. The molecule has 1 aliphatic rings. The molecule has 7 heteroatoms. The molecular formula is C19H20F2N2O2S. The molecule has 1 fully saturated rings. The summed E-state index contributed by atoms with van der Waals surface area (Å²) in [5, 5.41) is 2.72. The summed E-state index contributed by atoms with van der Waals surface area (Å²) in [7, 11) is 0. The maximum atomic E-state index is 13.5. The van der Waals surface area contributed by atoms with Crippen molar-refractivity contribution in [2.45, 2.75) is 6.54 Å². The van der Waals surface area contributed by atoms with Crippen molar-refractivity contribution in [3.63, 3.8) is 0 Å². The van der Waals surface area contributed by atoms with Gasteiger partial charge < -0.3 is 10.1 Å². The number of carbonyl (C=O) groups excluding carboxylic acids is 1. The number of halogens is 2. The van der Waals surface area contributed by atoms with E-state index in [1.165, 1.54) is 0 Å². The summed E-state index contributed by atoms with van der Waals surface area (Å²) >= 11 is 1.96. The SMILES string of the molecule is O=C(COc1cc(F)ccc1F)Nc1cccc(CN2CCSCC2)c1. The predicted molar refractivity (Wildman–Crippen MR) is 99.5 cm³/mol. The topological polar surface area (TPSA) is 41.6 Å². The van der Waals surface area contributed by atoms with Crippen molar-refractivity contribution < 1.29 is 18.3 Å². The van der Waals surface area contributed by atoms with Crippen molar-refractivity contribution in [1.82, 2.24) is 4.90 Å². The lowest BCUT2D eigenvalue weighted by atomic mass is 10.2. The Bertz CT molecular complexity index is 767. The van der Waals surface area contributed by atoms with E-state index in [0.29, 0.717) is 5.69 Å². The van der Waals surface area contributed by atoms with Gasteiger partial charge in [0.15, 0.2) is 18.2 Å². The molecule has 3 rings (SSSR count). The first-order valence-electron chi connectivity index (χ1n) is 8.37. The lowest BCUT2D eigenvalue weighted by Crippen LogP contribution is -2.32. The molecule has 0 aliphatic carbocycles. The van der Waals surface area contributed by atoms with Gasteiger partial charge in [0, 0.05) is 42.9 Å². The van der Waals surface area contributed by atoms with E-state index in [-0.39, 0.29) is 5.75 Å². The fraction of sp³-hybridized carbons (Fsp3) is 0.316. The van der Waals surface area contributed by atoms with E-state index in [4.69, 9.17) is 4.74 Å². The molecule has 0 saturated carbocycles. The summed E-state index contributed by atoms with van der Waals surface area (Å²) in [6.07, 6.45) is 0. The van der Waals surface area contributed by atoms with Crippen LogP contribution in [0.1, 0.15) is 5.56 Å². The summed E-state index contributed by atoms with van der Waals surface area (Å²) in [4.78, 5) is 14.4. The summed E-state index contributed by atoms with van der Waals surface area (Å²) in [6, 6.07) is 10.5. The smallest absolute Gasteiger partial charge is 0.262 e. The highest BCUT2D eigenvalue weighted by Crippen LogP contribution is 2.19. The van der Waals surface area contributed by atoms with E-state index in [1.807, 2.05) is 30.0 Å². The van der Waals surface area contributed by atoms with Crippen LogP contribution in [0.25, 0.3) is 0 Å². The zero-order chi connectivity index (χ0) is 18.4. The number of nitrogens with zero attached hydrogens (tertiary/aromatic N) is 1. The van der Waals surface area contributed by atoms with Crippen LogP contribution >= 0.6 is 11.8 Å². The van der Waals surface area contributed by atoms with Crippen LogP contribution in [0.3, 0.4) is 0 Å². The Morgan fingerprint density at radius 2 is 1.96 bits per heavy atom. The van der Waals surface area contributed by atoms with Crippen LogP contribution in [-0.4, -0.2) is 42.0 Å². The minimum absolute atomic E-state index is 0.281. The predicted octanol–water partition coefficient (Wildman–Crippen LogP) is 3.53. The molecular weight excluding hydrogens is 358 g/mol. The lowest BCUT2D eigenvalue weighted by molar-refractivity contribution is -0.118. The minimum Gasteiger partial charge on any atom is -0.481 e. The van der Waals surface area contributed by atoms with Crippen LogP contribution in [-0.2, 0) is 11.3 Å². The fourth-order valence-electron chi connectivity index (χ4n) is 2.69. The van der Waals surface area contributed by atoms with Crippen LogP contribution < -0.4 is 10.1 Å². The second-order valence-corrected chi connectivity index (χ2v) is 7.23. The zero-order valence-corrected chi connectivity index (χ0v) is 15.0. The number of hydrogen-bond donors (Lipinski definition) is 1. The maximum Gasteiger partial charge on any atom is 0.262 e. The second kappa shape index (κ2) is 9.00. The minimum atomic E-state index is -0.708. The number of benzene rings is 2. The Morgan fingerprint density at radius 3 is 2.77 bits per heavy atom. The normalized spacial score (nSPS) is 14.8. The summed E-state index contributed by atoms with van der Waals surface area (Å²) in [5.74, 6) is 0.248. The van der Waals surface area contributed by atoms with Crippen molar-refractivity contribution in [3.05, 3.63) is 59.7 Å². The van der Waals surface area contributed by atoms with Crippen molar-refractivity contribution in [3.8, 4) is 5.75 Å². The largest absolute Gasteiger partial charge is 0.481 e. The van der Waals surface area contributed by atoms with E-state index in [0.717, 1.165) is 54.9 Å². The molecule has 0 aromatic heterocycles. The van der Waals surface area contributed by atoms with Gasteiger partial charge in [0.1, 0.15) is 5.82 Å². The van der Waals surface area contributed by atoms with E-state index >= 15 is 0 Å². The molecule has 0 unspecified atom stereocenters. The van der Waals surface area contributed by atoms with Gasteiger partial charge >= 0.3 is 0 Å².